The van der Waals surface area contributed by atoms with E-state index in [1.54, 1.807) is 6.07 Å². The van der Waals surface area contributed by atoms with Crippen molar-refractivity contribution in [1.82, 2.24) is 9.80 Å². The summed E-state index contributed by atoms with van der Waals surface area (Å²) in [6.45, 7) is 9.59. The highest BCUT2D eigenvalue weighted by atomic mass is 32.1. The van der Waals surface area contributed by atoms with E-state index in [0.717, 1.165) is 38.3 Å². The van der Waals surface area contributed by atoms with Crippen LogP contribution in [0.25, 0.3) is 0 Å². The zero-order chi connectivity index (χ0) is 15.4. The van der Waals surface area contributed by atoms with Crippen LogP contribution < -0.4 is 5.73 Å². The van der Waals surface area contributed by atoms with Crippen LogP contribution in [0.3, 0.4) is 0 Å². The molecule has 1 aromatic rings. The number of nitrogens with zero attached hydrogens (tertiary/aromatic N) is 2. The molecule has 0 saturated carbocycles. The Kier molecular flexibility index (Phi) is 5.67. The molecule has 1 aliphatic rings. The lowest BCUT2D eigenvalue weighted by atomic mass is 10.1. The second-order valence-electron chi connectivity index (χ2n) is 5.58. The number of hydrogen-bond donors (Lipinski definition) is 1. The third kappa shape index (κ3) is 3.99. The lowest BCUT2D eigenvalue weighted by molar-refractivity contribution is 0.209. The Morgan fingerprint density at radius 3 is 2.76 bits per heavy atom. The Labute approximate surface area is 131 Å². The van der Waals surface area contributed by atoms with Crippen molar-refractivity contribution in [3.63, 3.8) is 0 Å². The first kappa shape index (κ1) is 16.3. The summed E-state index contributed by atoms with van der Waals surface area (Å²) in [5.41, 5.74) is 6.98. The van der Waals surface area contributed by atoms with Gasteiger partial charge in [-0.1, -0.05) is 32.1 Å². The fourth-order valence-electron chi connectivity index (χ4n) is 3.11. The van der Waals surface area contributed by atoms with Gasteiger partial charge in [-0.2, -0.15) is 0 Å². The molecule has 0 amide bonds. The molecule has 2 N–H and O–H groups in total. The summed E-state index contributed by atoms with van der Waals surface area (Å²) in [6.07, 6.45) is 1.20. The second kappa shape index (κ2) is 7.29. The molecule has 2 rings (SSSR count). The molecule has 1 heterocycles. The number of likely N-dealkylation sites (N-methyl/N-ethyl adjacent to an activating group) is 1. The van der Waals surface area contributed by atoms with Crippen molar-refractivity contribution < 1.29 is 4.39 Å². The minimum Gasteiger partial charge on any atom is -0.389 e. The molecular weight excluding hydrogens is 285 g/mol. The fourth-order valence-corrected chi connectivity index (χ4v) is 3.27. The van der Waals surface area contributed by atoms with Crippen molar-refractivity contribution in [3.8, 4) is 0 Å². The van der Waals surface area contributed by atoms with E-state index < -0.39 is 0 Å². The average molecular weight is 309 g/mol. The Morgan fingerprint density at radius 2 is 2.14 bits per heavy atom. The molecule has 0 aliphatic carbocycles. The van der Waals surface area contributed by atoms with Crippen LogP contribution in [-0.4, -0.2) is 47.0 Å². The van der Waals surface area contributed by atoms with Gasteiger partial charge in [0.05, 0.1) is 0 Å². The summed E-state index contributed by atoms with van der Waals surface area (Å²) in [4.78, 5) is 5.04. The van der Waals surface area contributed by atoms with E-state index in [1.165, 1.54) is 12.5 Å². The van der Waals surface area contributed by atoms with Gasteiger partial charge in [0.15, 0.2) is 0 Å². The van der Waals surface area contributed by atoms with Crippen LogP contribution >= 0.6 is 12.2 Å². The van der Waals surface area contributed by atoms with Crippen LogP contribution in [0.4, 0.5) is 4.39 Å². The molecule has 1 fully saturated rings. The van der Waals surface area contributed by atoms with E-state index in [1.807, 2.05) is 6.07 Å². The third-order valence-corrected chi connectivity index (χ3v) is 4.50. The third-order valence-electron chi connectivity index (χ3n) is 4.28. The predicted molar refractivity (Wildman–Crippen MR) is 88.9 cm³/mol. The van der Waals surface area contributed by atoms with Crippen molar-refractivity contribution in [2.45, 2.75) is 32.9 Å². The van der Waals surface area contributed by atoms with Crippen molar-refractivity contribution in [2.24, 2.45) is 5.73 Å². The van der Waals surface area contributed by atoms with Gasteiger partial charge in [0, 0.05) is 31.2 Å². The number of thiocarbonyl (C=S) groups is 1. The number of likely N-dealkylation sites (tertiary alicyclic amines) is 1. The average Bonchev–Trinajstić information content (AvgIpc) is 2.90. The maximum Gasteiger partial charge on any atom is 0.133 e. The van der Waals surface area contributed by atoms with E-state index in [2.05, 4.69) is 23.6 Å². The van der Waals surface area contributed by atoms with Crippen LogP contribution in [0, 0.1) is 5.82 Å². The highest BCUT2D eigenvalue weighted by Crippen LogP contribution is 2.19. The summed E-state index contributed by atoms with van der Waals surface area (Å²) >= 11 is 4.89. The summed E-state index contributed by atoms with van der Waals surface area (Å²) in [6, 6.07) is 5.70. The van der Waals surface area contributed by atoms with Crippen LogP contribution in [0.2, 0.25) is 0 Å². The monoisotopic (exact) mass is 309 g/mol. The molecule has 1 aromatic carbocycles. The van der Waals surface area contributed by atoms with Gasteiger partial charge in [-0.15, -0.1) is 0 Å². The van der Waals surface area contributed by atoms with Crippen LogP contribution in [0.1, 0.15) is 31.4 Å². The predicted octanol–water partition coefficient (Wildman–Crippen LogP) is 2.38. The first-order valence-electron chi connectivity index (χ1n) is 7.59. The lowest BCUT2D eigenvalue weighted by Crippen LogP contribution is -2.37. The number of rotatable bonds is 6. The van der Waals surface area contributed by atoms with E-state index in [4.69, 9.17) is 18.0 Å². The minimum absolute atomic E-state index is 0.122. The number of benzene rings is 1. The van der Waals surface area contributed by atoms with Crippen LogP contribution in [0.15, 0.2) is 18.2 Å². The molecule has 5 heteroatoms. The standard InChI is InChI=1S/C16H24FN3S/c1-3-20(4-2)13-7-8-19(11-13)10-12-5-6-15(17)14(9-12)16(18)21/h5-6,9,13H,3-4,7-8,10-11H2,1-2H3,(H2,18,21). The largest absolute Gasteiger partial charge is 0.389 e. The lowest BCUT2D eigenvalue weighted by Gasteiger charge is -2.26. The number of nitrogens with two attached hydrogens (primary N) is 1. The highest BCUT2D eigenvalue weighted by molar-refractivity contribution is 7.80. The molecule has 1 unspecified atom stereocenters. The molecule has 0 bridgehead atoms. The van der Waals surface area contributed by atoms with E-state index in [9.17, 15) is 4.39 Å². The zero-order valence-corrected chi connectivity index (χ0v) is 13.6. The van der Waals surface area contributed by atoms with Gasteiger partial charge in [-0.3, -0.25) is 9.80 Å². The van der Waals surface area contributed by atoms with E-state index in [-0.39, 0.29) is 10.8 Å². The van der Waals surface area contributed by atoms with Gasteiger partial charge in [0.1, 0.15) is 10.8 Å². The molecule has 21 heavy (non-hydrogen) atoms. The molecule has 1 aliphatic heterocycles. The summed E-state index contributed by atoms with van der Waals surface area (Å²) in [5.74, 6) is -0.339. The normalized spacial score (nSPS) is 19.3. The minimum atomic E-state index is -0.339. The van der Waals surface area contributed by atoms with Gasteiger partial charge in [-0.05, 0) is 37.2 Å². The highest BCUT2D eigenvalue weighted by Gasteiger charge is 2.26. The molecule has 0 aromatic heterocycles. The quantitative estimate of drug-likeness (QED) is 0.818. The Hall–Kier alpha value is -1.04. The van der Waals surface area contributed by atoms with Gasteiger partial charge in [0.2, 0.25) is 0 Å². The van der Waals surface area contributed by atoms with E-state index in [0.29, 0.717) is 11.6 Å². The summed E-state index contributed by atoms with van der Waals surface area (Å²) in [5, 5.41) is 0. The zero-order valence-electron chi connectivity index (χ0n) is 12.8. The van der Waals surface area contributed by atoms with Gasteiger partial charge in [-0.25, -0.2) is 4.39 Å². The second-order valence-corrected chi connectivity index (χ2v) is 6.02. The Bertz CT molecular complexity index is 502. The fraction of sp³-hybridized carbons (Fsp3) is 0.562. The Morgan fingerprint density at radius 1 is 1.43 bits per heavy atom. The number of halogens is 1. The Balaban J connectivity index is 2.00. The number of hydrogen-bond acceptors (Lipinski definition) is 3. The molecule has 1 atom stereocenters. The van der Waals surface area contributed by atoms with Crippen molar-refractivity contribution in [2.75, 3.05) is 26.2 Å². The van der Waals surface area contributed by atoms with Crippen molar-refractivity contribution in [1.29, 1.82) is 0 Å². The SMILES string of the molecule is CCN(CC)C1CCN(Cc2ccc(F)c(C(N)=S)c2)C1. The molecule has 116 valence electrons. The summed E-state index contributed by atoms with van der Waals surface area (Å²) < 4.78 is 13.6. The van der Waals surface area contributed by atoms with Crippen LogP contribution in [-0.2, 0) is 6.54 Å². The molecular formula is C16H24FN3S. The first-order valence-corrected chi connectivity index (χ1v) is 8.00. The molecule has 0 radical (unpaired) electrons. The van der Waals surface area contributed by atoms with Crippen LogP contribution in [0.5, 0.6) is 0 Å². The van der Waals surface area contributed by atoms with Gasteiger partial charge in [0.25, 0.3) is 0 Å². The van der Waals surface area contributed by atoms with Gasteiger partial charge >= 0.3 is 0 Å². The topological polar surface area (TPSA) is 32.5 Å². The molecule has 0 spiro atoms. The maximum atomic E-state index is 13.6. The molecule has 3 nitrogen and oxygen atoms in total. The smallest absolute Gasteiger partial charge is 0.133 e. The molecule has 1 saturated heterocycles. The van der Waals surface area contributed by atoms with Crippen molar-refractivity contribution in [3.05, 3.63) is 35.1 Å². The maximum absolute atomic E-state index is 13.6. The van der Waals surface area contributed by atoms with Crippen molar-refractivity contribution >= 4 is 17.2 Å². The first-order chi connectivity index (χ1) is 10.0. The summed E-state index contributed by atoms with van der Waals surface area (Å²) in [7, 11) is 0. The van der Waals surface area contributed by atoms with Gasteiger partial charge < -0.3 is 5.73 Å². The van der Waals surface area contributed by atoms with E-state index >= 15 is 0 Å².